The second-order valence-electron chi connectivity index (χ2n) is 6.71. The molecule has 0 spiro atoms. The summed E-state index contributed by atoms with van der Waals surface area (Å²) in [6.07, 6.45) is 5.96. The van der Waals surface area contributed by atoms with Crippen LogP contribution in [-0.2, 0) is 34.3 Å². The Hall–Kier alpha value is -3.10. The molecule has 2 aromatic carbocycles. The number of aliphatic carboxylic acids is 1. The van der Waals surface area contributed by atoms with Crippen LogP contribution in [-0.4, -0.2) is 40.0 Å². The van der Waals surface area contributed by atoms with Crippen LogP contribution in [0.1, 0.15) is 16.7 Å². The number of hydrogen-bond donors (Lipinski definition) is 1. The number of nitrogens with zero attached hydrogens (tertiary/aromatic N) is 3. The topological polar surface area (TPSA) is 100 Å². The van der Waals surface area contributed by atoms with E-state index in [1.807, 2.05) is 24.3 Å². The van der Waals surface area contributed by atoms with E-state index in [1.165, 1.54) is 10.6 Å². The monoisotopic (exact) mass is 411 g/mol. The van der Waals surface area contributed by atoms with Crippen molar-refractivity contribution in [2.75, 3.05) is 6.26 Å². The third kappa shape index (κ3) is 5.94. The predicted molar refractivity (Wildman–Crippen MR) is 109 cm³/mol. The fraction of sp³-hybridized carbons (Fsp3) is 0.190. The van der Waals surface area contributed by atoms with Crippen molar-refractivity contribution < 1.29 is 18.3 Å². The van der Waals surface area contributed by atoms with Gasteiger partial charge in [0.2, 0.25) is 10.0 Å². The summed E-state index contributed by atoms with van der Waals surface area (Å²) >= 11 is 0. The van der Waals surface area contributed by atoms with Gasteiger partial charge in [0.05, 0.1) is 24.6 Å². The maximum Gasteiger partial charge on any atom is 0.307 e. The third-order valence-corrected chi connectivity index (χ3v) is 5.54. The van der Waals surface area contributed by atoms with Crippen molar-refractivity contribution in [3.63, 3.8) is 0 Å². The van der Waals surface area contributed by atoms with Gasteiger partial charge in [-0.05, 0) is 16.7 Å². The van der Waals surface area contributed by atoms with Gasteiger partial charge in [0.15, 0.2) is 0 Å². The molecule has 1 heterocycles. The summed E-state index contributed by atoms with van der Waals surface area (Å²) in [5, 5.41) is 8.95. The fourth-order valence-corrected chi connectivity index (χ4v) is 3.71. The molecule has 0 bridgehead atoms. The van der Waals surface area contributed by atoms with Gasteiger partial charge < -0.3 is 5.11 Å². The first kappa shape index (κ1) is 20.6. The van der Waals surface area contributed by atoms with E-state index in [-0.39, 0.29) is 19.5 Å². The summed E-state index contributed by atoms with van der Waals surface area (Å²) in [5.74, 6) is -0.926. The lowest BCUT2D eigenvalue weighted by molar-refractivity contribution is -0.136. The zero-order valence-corrected chi connectivity index (χ0v) is 16.7. The molecule has 1 N–H and O–H groups in total. The van der Waals surface area contributed by atoms with Crippen LogP contribution < -0.4 is 0 Å². The van der Waals surface area contributed by atoms with Gasteiger partial charge in [-0.15, -0.1) is 0 Å². The van der Waals surface area contributed by atoms with Gasteiger partial charge >= 0.3 is 5.97 Å². The molecule has 0 atom stereocenters. The highest BCUT2D eigenvalue weighted by Gasteiger charge is 2.18. The second-order valence-corrected chi connectivity index (χ2v) is 8.69. The minimum atomic E-state index is -3.46. The summed E-state index contributed by atoms with van der Waals surface area (Å²) in [6, 6.07) is 14.5. The standard InChI is InChI=1S/C21H21N3O4S/c1-29(27,28)24(15-18-4-2-3-17(11-18)12-21(25)26)14-16-5-7-19(8-6-16)20-13-22-9-10-23-20/h2-11,13H,12,14-15H2,1H3,(H,25,26). The Bertz CT molecular complexity index is 1080. The quantitative estimate of drug-likeness (QED) is 0.612. The van der Waals surface area contributed by atoms with Gasteiger partial charge in [-0.2, -0.15) is 4.31 Å². The Labute approximate surface area is 169 Å². The molecule has 0 aliphatic carbocycles. The van der Waals surface area contributed by atoms with Crippen LogP contribution in [0.3, 0.4) is 0 Å². The van der Waals surface area contributed by atoms with Gasteiger partial charge in [-0.25, -0.2) is 8.42 Å². The summed E-state index contributed by atoms with van der Waals surface area (Å²) in [6.45, 7) is 0.376. The molecule has 1 aromatic heterocycles. The Morgan fingerprint density at radius 2 is 1.69 bits per heavy atom. The SMILES string of the molecule is CS(=O)(=O)N(Cc1ccc(-c2cnccn2)cc1)Cc1cccc(CC(=O)O)c1. The van der Waals surface area contributed by atoms with E-state index in [4.69, 9.17) is 5.11 Å². The van der Waals surface area contributed by atoms with E-state index in [1.54, 1.807) is 42.9 Å². The molecule has 0 radical (unpaired) electrons. The molecule has 0 saturated heterocycles. The highest BCUT2D eigenvalue weighted by molar-refractivity contribution is 7.88. The number of aromatic nitrogens is 2. The van der Waals surface area contributed by atoms with E-state index in [9.17, 15) is 13.2 Å². The summed E-state index contributed by atoms with van der Waals surface area (Å²) in [5.41, 5.74) is 3.86. The Morgan fingerprint density at radius 3 is 2.31 bits per heavy atom. The second kappa shape index (κ2) is 8.93. The van der Waals surface area contributed by atoms with Crippen LogP contribution in [0.25, 0.3) is 11.3 Å². The van der Waals surface area contributed by atoms with E-state index < -0.39 is 16.0 Å². The molecule has 0 unspecified atom stereocenters. The molecule has 29 heavy (non-hydrogen) atoms. The maximum atomic E-state index is 12.3. The Kier molecular flexibility index (Phi) is 6.36. The van der Waals surface area contributed by atoms with E-state index in [0.29, 0.717) is 5.56 Å². The van der Waals surface area contributed by atoms with Crippen molar-refractivity contribution in [1.82, 2.24) is 14.3 Å². The number of sulfonamides is 1. The minimum Gasteiger partial charge on any atom is -0.481 e. The van der Waals surface area contributed by atoms with Gasteiger partial charge in [-0.1, -0.05) is 48.5 Å². The van der Waals surface area contributed by atoms with Gasteiger partial charge in [0.25, 0.3) is 0 Å². The van der Waals surface area contributed by atoms with E-state index in [0.717, 1.165) is 22.4 Å². The highest BCUT2D eigenvalue weighted by Crippen LogP contribution is 2.19. The molecule has 0 saturated carbocycles. The smallest absolute Gasteiger partial charge is 0.307 e. The van der Waals surface area contributed by atoms with Crippen LogP contribution in [0.4, 0.5) is 0 Å². The molecule has 3 rings (SSSR count). The number of carbonyl (C=O) groups is 1. The molecule has 0 amide bonds. The molecular formula is C21H21N3O4S. The van der Waals surface area contributed by atoms with Crippen molar-refractivity contribution in [2.45, 2.75) is 19.5 Å². The first-order chi connectivity index (χ1) is 13.8. The predicted octanol–water partition coefficient (Wildman–Crippen LogP) is 2.73. The Balaban J connectivity index is 1.77. The fourth-order valence-electron chi connectivity index (χ4n) is 2.94. The maximum absolute atomic E-state index is 12.3. The lowest BCUT2D eigenvalue weighted by Crippen LogP contribution is -2.29. The first-order valence-corrected chi connectivity index (χ1v) is 10.8. The molecule has 150 valence electrons. The van der Waals surface area contributed by atoms with Crippen molar-refractivity contribution in [3.8, 4) is 11.3 Å². The first-order valence-electron chi connectivity index (χ1n) is 8.91. The number of carboxylic acid groups (broad SMARTS) is 1. The van der Waals surface area contributed by atoms with Crippen LogP contribution in [0, 0.1) is 0 Å². The average Bonchev–Trinajstić information content (AvgIpc) is 2.68. The zero-order chi connectivity index (χ0) is 20.9. The highest BCUT2D eigenvalue weighted by atomic mass is 32.2. The number of rotatable bonds is 8. The summed E-state index contributed by atoms with van der Waals surface area (Å²) in [7, 11) is -3.46. The lowest BCUT2D eigenvalue weighted by atomic mass is 10.1. The van der Waals surface area contributed by atoms with Gasteiger partial charge in [-0.3, -0.25) is 14.8 Å². The molecule has 0 aliphatic heterocycles. The molecule has 0 aliphatic rings. The van der Waals surface area contributed by atoms with Crippen LogP contribution in [0.5, 0.6) is 0 Å². The molecule has 3 aromatic rings. The van der Waals surface area contributed by atoms with Crippen LogP contribution in [0.2, 0.25) is 0 Å². The molecule has 8 heteroatoms. The lowest BCUT2D eigenvalue weighted by Gasteiger charge is -2.20. The van der Waals surface area contributed by atoms with Crippen molar-refractivity contribution in [1.29, 1.82) is 0 Å². The minimum absolute atomic E-state index is 0.101. The van der Waals surface area contributed by atoms with Crippen molar-refractivity contribution in [2.24, 2.45) is 0 Å². The molecular weight excluding hydrogens is 390 g/mol. The molecule has 0 fully saturated rings. The van der Waals surface area contributed by atoms with E-state index >= 15 is 0 Å². The number of carboxylic acids is 1. The van der Waals surface area contributed by atoms with E-state index in [2.05, 4.69) is 9.97 Å². The molecule has 7 nitrogen and oxygen atoms in total. The van der Waals surface area contributed by atoms with Gasteiger partial charge in [0.1, 0.15) is 0 Å². The van der Waals surface area contributed by atoms with Crippen LogP contribution >= 0.6 is 0 Å². The summed E-state index contributed by atoms with van der Waals surface area (Å²) < 4.78 is 26.0. The summed E-state index contributed by atoms with van der Waals surface area (Å²) in [4.78, 5) is 19.2. The third-order valence-electron chi connectivity index (χ3n) is 4.35. The van der Waals surface area contributed by atoms with Crippen LogP contribution in [0.15, 0.2) is 67.1 Å². The Morgan fingerprint density at radius 1 is 1.00 bits per heavy atom. The van der Waals surface area contributed by atoms with Crippen molar-refractivity contribution in [3.05, 3.63) is 83.8 Å². The largest absolute Gasteiger partial charge is 0.481 e. The van der Waals surface area contributed by atoms with Crippen molar-refractivity contribution >= 4 is 16.0 Å². The number of benzene rings is 2. The number of hydrogen-bond acceptors (Lipinski definition) is 5. The van der Waals surface area contributed by atoms with Gasteiger partial charge in [0, 0.05) is 31.0 Å². The zero-order valence-electron chi connectivity index (χ0n) is 15.9. The average molecular weight is 411 g/mol. The normalized spacial score (nSPS) is 11.5.